The van der Waals surface area contributed by atoms with Crippen molar-refractivity contribution in [3.8, 4) is 6.07 Å². The maximum Gasteiger partial charge on any atom is 0.251 e. The van der Waals surface area contributed by atoms with E-state index in [-0.39, 0.29) is 5.91 Å². The summed E-state index contributed by atoms with van der Waals surface area (Å²) in [4.78, 5) is 11.9. The van der Waals surface area contributed by atoms with Crippen molar-refractivity contribution in [3.63, 3.8) is 0 Å². The minimum Gasteiger partial charge on any atom is -0.385 e. The van der Waals surface area contributed by atoms with E-state index < -0.39 is 0 Å². The third-order valence-corrected chi connectivity index (χ3v) is 3.06. The Morgan fingerprint density at radius 3 is 3.22 bits per heavy atom. The van der Waals surface area contributed by atoms with Crippen molar-refractivity contribution in [2.45, 2.75) is 25.7 Å². The van der Waals surface area contributed by atoms with E-state index in [1.54, 1.807) is 0 Å². The molecule has 4 heteroatoms. The zero-order chi connectivity index (χ0) is 12.8. The van der Waals surface area contributed by atoms with Gasteiger partial charge >= 0.3 is 0 Å². The molecule has 0 saturated carbocycles. The first-order chi connectivity index (χ1) is 8.81. The van der Waals surface area contributed by atoms with E-state index in [2.05, 4.69) is 16.7 Å². The van der Waals surface area contributed by atoms with Crippen molar-refractivity contribution in [1.29, 1.82) is 5.26 Å². The van der Waals surface area contributed by atoms with Crippen LogP contribution >= 0.6 is 0 Å². The van der Waals surface area contributed by atoms with Crippen LogP contribution in [0.1, 0.15) is 35.2 Å². The van der Waals surface area contributed by atoms with Gasteiger partial charge in [-0.2, -0.15) is 5.26 Å². The lowest BCUT2D eigenvalue weighted by atomic mass is 10.0. The van der Waals surface area contributed by atoms with E-state index in [0.717, 1.165) is 25.1 Å². The fourth-order valence-electron chi connectivity index (χ4n) is 2.09. The fourth-order valence-corrected chi connectivity index (χ4v) is 2.09. The van der Waals surface area contributed by atoms with Crippen molar-refractivity contribution in [2.24, 2.45) is 0 Å². The van der Waals surface area contributed by atoms with Crippen LogP contribution in [0.4, 0.5) is 5.69 Å². The number of carbonyl (C=O) groups is 1. The monoisotopic (exact) mass is 243 g/mol. The van der Waals surface area contributed by atoms with Crippen molar-refractivity contribution >= 4 is 11.6 Å². The quantitative estimate of drug-likeness (QED) is 0.796. The number of unbranched alkanes of at least 4 members (excludes halogenated alkanes) is 1. The molecule has 1 aromatic rings. The average Bonchev–Trinajstić information content (AvgIpc) is 2.43. The van der Waals surface area contributed by atoms with Crippen LogP contribution in [0, 0.1) is 11.3 Å². The summed E-state index contributed by atoms with van der Waals surface area (Å²) >= 11 is 0. The smallest absolute Gasteiger partial charge is 0.251 e. The van der Waals surface area contributed by atoms with Gasteiger partial charge in [0.15, 0.2) is 0 Å². The number of nitriles is 1. The minimum atomic E-state index is -0.0543. The Hall–Kier alpha value is -2.02. The maximum absolute atomic E-state index is 11.9. The molecule has 0 spiro atoms. The zero-order valence-corrected chi connectivity index (χ0v) is 10.3. The van der Waals surface area contributed by atoms with E-state index in [4.69, 9.17) is 5.26 Å². The Kier molecular flexibility index (Phi) is 4.19. The molecule has 2 rings (SSSR count). The van der Waals surface area contributed by atoms with Crippen LogP contribution in [0.3, 0.4) is 0 Å². The van der Waals surface area contributed by atoms with Crippen LogP contribution < -0.4 is 10.6 Å². The first-order valence-corrected chi connectivity index (χ1v) is 6.33. The Bertz CT molecular complexity index is 476. The first-order valence-electron chi connectivity index (χ1n) is 6.33. The van der Waals surface area contributed by atoms with Crippen LogP contribution in [0.25, 0.3) is 0 Å². The molecule has 1 heterocycles. The maximum atomic E-state index is 11.9. The van der Waals surface area contributed by atoms with Gasteiger partial charge in [0.25, 0.3) is 5.91 Å². The van der Waals surface area contributed by atoms with Crippen molar-refractivity contribution < 1.29 is 4.79 Å². The highest BCUT2D eigenvalue weighted by Crippen LogP contribution is 2.22. The zero-order valence-electron chi connectivity index (χ0n) is 10.3. The molecule has 0 fully saturated rings. The number of anilines is 1. The lowest BCUT2D eigenvalue weighted by Crippen LogP contribution is -2.24. The SMILES string of the molecule is N#CCCCNC(=O)c1ccc2c(c1)CCCN2. The Balaban J connectivity index is 1.96. The van der Waals surface area contributed by atoms with Gasteiger partial charge in [-0.3, -0.25) is 4.79 Å². The Morgan fingerprint density at radius 2 is 2.39 bits per heavy atom. The second kappa shape index (κ2) is 6.06. The summed E-state index contributed by atoms with van der Waals surface area (Å²) in [5.41, 5.74) is 3.06. The number of nitrogens with zero attached hydrogens (tertiary/aromatic N) is 1. The lowest BCUT2D eigenvalue weighted by Gasteiger charge is -2.18. The molecule has 1 aliphatic heterocycles. The van der Waals surface area contributed by atoms with Gasteiger partial charge in [0.1, 0.15) is 0 Å². The van der Waals surface area contributed by atoms with Crippen molar-refractivity contribution in [1.82, 2.24) is 5.32 Å². The Morgan fingerprint density at radius 1 is 1.50 bits per heavy atom. The minimum absolute atomic E-state index is 0.0543. The summed E-state index contributed by atoms with van der Waals surface area (Å²) in [5.74, 6) is -0.0543. The van der Waals surface area contributed by atoms with E-state index in [0.29, 0.717) is 24.9 Å². The van der Waals surface area contributed by atoms with Crippen LogP contribution in [-0.4, -0.2) is 19.0 Å². The number of nitrogens with one attached hydrogen (secondary N) is 2. The molecule has 0 bridgehead atoms. The first kappa shape index (κ1) is 12.4. The van der Waals surface area contributed by atoms with Crippen LogP contribution in [0.2, 0.25) is 0 Å². The number of fused-ring (bicyclic) bond motifs is 1. The topological polar surface area (TPSA) is 64.9 Å². The molecule has 0 atom stereocenters. The average molecular weight is 243 g/mol. The van der Waals surface area contributed by atoms with Gasteiger partial charge in [-0.25, -0.2) is 0 Å². The van der Waals surface area contributed by atoms with Crippen molar-refractivity contribution in [2.75, 3.05) is 18.4 Å². The van der Waals surface area contributed by atoms with Gasteiger partial charge in [0.2, 0.25) is 0 Å². The summed E-state index contributed by atoms with van der Waals surface area (Å²) in [7, 11) is 0. The number of hydrogen-bond donors (Lipinski definition) is 2. The third-order valence-electron chi connectivity index (χ3n) is 3.06. The molecule has 0 aliphatic carbocycles. The fraction of sp³-hybridized carbons (Fsp3) is 0.429. The predicted molar refractivity (Wildman–Crippen MR) is 70.4 cm³/mol. The van der Waals surface area contributed by atoms with E-state index in [1.165, 1.54) is 5.56 Å². The molecule has 2 N–H and O–H groups in total. The van der Waals surface area contributed by atoms with E-state index >= 15 is 0 Å². The molecular weight excluding hydrogens is 226 g/mol. The second-order valence-electron chi connectivity index (χ2n) is 4.42. The highest BCUT2D eigenvalue weighted by atomic mass is 16.1. The lowest BCUT2D eigenvalue weighted by molar-refractivity contribution is 0.0953. The molecular formula is C14H17N3O. The molecule has 0 radical (unpaired) electrons. The van der Waals surface area contributed by atoms with Crippen LogP contribution in [0.15, 0.2) is 18.2 Å². The summed E-state index contributed by atoms with van der Waals surface area (Å²) in [6.45, 7) is 1.56. The summed E-state index contributed by atoms with van der Waals surface area (Å²) < 4.78 is 0. The Labute approximate surface area is 107 Å². The number of benzene rings is 1. The standard InChI is InChI=1S/C14H17N3O/c15-7-1-2-8-17-14(18)12-5-6-13-11(10-12)4-3-9-16-13/h5-6,10,16H,1-4,8-9H2,(H,17,18). The molecule has 1 aromatic carbocycles. The molecule has 0 aromatic heterocycles. The molecule has 1 aliphatic rings. The summed E-state index contributed by atoms with van der Waals surface area (Å²) in [6.07, 6.45) is 3.32. The highest BCUT2D eigenvalue weighted by Gasteiger charge is 2.11. The molecule has 4 nitrogen and oxygen atoms in total. The molecule has 0 unspecified atom stereocenters. The van der Waals surface area contributed by atoms with Gasteiger partial charge in [-0.05, 0) is 43.0 Å². The highest BCUT2D eigenvalue weighted by molar-refractivity contribution is 5.94. The van der Waals surface area contributed by atoms with Gasteiger partial charge in [0, 0.05) is 30.8 Å². The van der Waals surface area contributed by atoms with Crippen LogP contribution in [-0.2, 0) is 6.42 Å². The number of carbonyl (C=O) groups excluding carboxylic acids is 1. The molecule has 94 valence electrons. The third kappa shape index (κ3) is 3.01. The van der Waals surface area contributed by atoms with Crippen molar-refractivity contribution in [3.05, 3.63) is 29.3 Å². The van der Waals surface area contributed by atoms with Crippen LogP contribution in [0.5, 0.6) is 0 Å². The van der Waals surface area contributed by atoms with Gasteiger partial charge in [0.05, 0.1) is 6.07 Å². The number of hydrogen-bond acceptors (Lipinski definition) is 3. The molecule has 0 saturated heterocycles. The summed E-state index contributed by atoms with van der Waals surface area (Å²) in [6, 6.07) is 7.84. The molecule has 1 amide bonds. The van der Waals surface area contributed by atoms with Gasteiger partial charge in [-0.15, -0.1) is 0 Å². The number of amides is 1. The van der Waals surface area contributed by atoms with E-state index in [9.17, 15) is 4.79 Å². The van der Waals surface area contributed by atoms with Gasteiger partial charge in [-0.1, -0.05) is 0 Å². The number of rotatable bonds is 4. The summed E-state index contributed by atoms with van der Waals surface area (Å²) in [5, 5.41) is 14.6. The number of aryl methyl sites for hydroxylation is 1. The normalized spacial score (nSPS) is 13.1. The van der Waals surface area contributed by atoms with E-state index in [1.807, 2.05) is 18.2 Å². The predicted octanol–water partition coefficient (Wildman–Crippen LogP) is 2.08. The van der Waals surface area contributed by atoms with Gasteiger partial charge < -0.3 is 10.6 Å². The second-order valence-corrected chi connectivity index (χ2v) is 4.42. The largest absolute Gasteiger partial charge is 0.385 e. The molecule has 18 heavy (non-hydrogen) atoms.